The standard InChI is InChI=1S/C19H26N2/c1-14(2)12-13-19(3,15-4-8-17(20)9-5-15)16-6-10-18(21)11-7-16/h4-11,14H,12-13,20-21H2,1-3H3. The zero-order valence-electron chi connectivity index (χ0n) is 13.3. The molecule has 0 spiro atoms. The Morgan fingerprint density at radius 1 is 0.810 bits per heavy atom. The van der Waals surface area contributed by atoms with Crippen LogP contribution in [0.3, 0.4) is 0 Å². The topological polar surface area (TPSA) is 52.0 Å². The predicted molar refractivity (Wildman–Crippen MR) is 92.2 cm³/mol. The Labute approximate surface area is 128 Å². The highest BCUT2D eigenvalue weighted by Gasteiger charge is 2.28. The van der Waals surface area contributed by atoms with Crippen molar-refractivity contribution in [3.8, 4) is 0 Å². The van der Waals surface area contributed by atoms with E-state index in [4.69, 9.17) is 11.5 Å². The molecule has 0 amide bonds. The minimum Gasteiger partial charge on any atom is -0.399 e. The van der Waals surface area contributed by atoms with Crippen molar-refractivity contribution in [1.82, 2.24) is 0 Å². The number of hydrogen-bond acceptors (Lipinski definition) is 2. The molecule has 0 atom stereocenters. The average Bonchev–Trinajstić information content (AvgIpc) is 2.46. The first kappa shape index (κ1) is 15.4. The smallest absolute Gasteiger partial charge is 0.0314 e. The summed E-state index contributed by atoms with van der Waals surface area (Å²) in [4.78, 5) is 0. The highest BCUT2D eigenvalue weighted by Crippen LogP contribution is 2.38. The van der Waals surface area contributed by atoms with Gasteiger partial charge in [-0.15, -0.1) is 0 Å². The van der Waals surface area contributed by atoms with Crippen LogP contribution in [0.25, 0.3) is 0 Å². The van der Waals surface area contributed by atoms with Gasteiger partial charge in [-0.2, -0.15) is 0 Å². The van der Waals surface area contributed by atoms with Crippen molar-refractivity contribution in [1.29, 1.82) is 0 Å². The van der Waals surface area contributed by atoms with Gasteiger partial charge in [-0.25, -0.2) is 0 Å². The molecule has 2 aromatic carbocycles. The second-order valence-corrected chi connectivity index (χ2v) is 6.51. The van der Waals surface area contributed by atoms with Crippen molar-refractivity contribution in [2.45, 2.75) is 39.0 Å². The van der Waals surface area contributed by atoms with Crippen LogP contribution in [-0.4, -0.2) is 0 Å². The molecule has 2 rings (SSSR count). The van der Waals surface area contributed by atoms with E-state index in [2.05, 4.69) is 45.0 Å². The molecule has 2 nitrogen and oxygen atoms in total. The molecule has 0 radical (unpaired) electrons. The predicted octanol–water partition coefficient (Wildman–Crippen LogP) is 4.59. The molecular formula is C19H26N2. The molecule has 0 fully saturated rings. The fraction of sp³-hybridized carbons (Fsp3) is 0.368. The summed E-state index contributed by atoms with van der Waals surface area (Å²) < 4.78 is 0. The van der Waals surface area contributed by atoms with Crippen LogP contribution in [0.1, 0.15) is 44.7 Å². The molecule has 2 aromatic rings. The van der Waals surface area contributed by atoms with E-state index in [-0.39, 0.29) is 5.41 Å². The number of rotatable bonds is 5. The Morgan fingerprint density at radius 3 is 1.52 bits per heavy atom. The third-order valence-electron chi connectivity index (χ3n) is 4.32. The fourth-order valence-corrected chi connectivity index (χ4v) is 2.73. The normalized spacial score (nSPS) is 11.8. The SMILES string of the molecule is CC(C)CCC(C)(c1ccc(N)cc1)c1ccc(N)cc1. The van der Waals surface area contributed by atoms with Crippen molar-refractivity contribution in [3.63, 3.8) is 0 Å². The van der Waals surface area contributed by atoms with Crippen molar-refractivity contribution >= 4 is 11.4 Å². The number of benzene rings is 2. The zero-order valence-corrected chi connectivity index (χ0v) is 13.3. The number of anilines is 2. The molecule has 0 heterocycles. The third-order valence-corrected chi connectivity index (χ3v) is 4.32. The summed E-state index contributed by atoms with van der Waals surface area (Å²) in [5, 5.41) is 0. The van der Waals surface area contributed by atoms with Gasteiger partial charge in [0.05, 0.1) is 0 Å². The maximum atomic E-state index is 5.83. The monoisotopic (exact) mass is 282 g/mol. The summed E-state index contributed by atoms with van der Waals surface area (Å²) in [6.45, 7) is 6.85. The van der Waals surface area contributed by atoms with Crippen LogP contribution < -0.4 is 11.5 Å². The highest BCUT2D eigenvalue weighted by atomic mass is 14.5. The fourth-order valence-electron chi connectivity index (χ4n) is 2.73. The molecule has 0 unspecified atom stereocenters. The van der Waals surface area contributed by atoms with Crippen LogP contribution in [0.15, 0.2) is 48.5 Å². The third kappa shape index (κ3) is 3.57. The van der Waals surface area contributed by atoms with E-state index in [9.17, 15) is 0 Å². The van der Waals surface area contributed by atoms with E-state index in [0.29, 0.717) is 5.92 Å². The molecule has 0 saturated heterocycles. The van der Waals surface area contributed by atoms with Gasteiger partial charge in [0.1, 0.15) is 0 Å². The minimum absolute atomic E-state index is 0.00826. The molecular weight excluding hydrogens is 256 g/mol. The van der Waals surface area contributed by atoms with Gasteiger partial charge in [0.2, 0.25) is 0 Å². The van der Waals surface area contributed by atoms with Gasteiger partial charge in [-0.1, -0.05) is 45.0 Å². The Kier molecular flexibility index (Phi) is 4.56. The van der Waals surface area contributed by atoms with E-state index in [1.807, 2.05) is 24.3 Å². The molecule has 21 heavy (non-hydrogen) atoms. The Hall–Kier alpha value is -1.96. The first-order chi connectivity index (χ1) is 9.91. The lowest BCUT2D eigenvalue weighted by atomic mass is 9.72. The van der Waals surface area contributed by atoms with Gasteiger partial charge in [0, 0.05) is 16.8 Å². The van der Waals surface area contributed by atoms with Gasteiger partial charge in [-0.3, -0.25) is 0 Å². The van der Waals surface area contributed by atoms with Crippen LogP contribution in [0.4, 0.5) is 11.4 Å². The lowest BCUT2D eigenvalue weighted by molar-refractivity contribution is 0.440. The first-order valence-corrected chi connectivity index (χ1v) is 7.64. The molecule has 0 aliphatic carbocycles. The number of nitrogen functional groups attached to an aromatic ring is 2. The Morgan fingerprint density at radius 2 is 1.19 bits per heavy atom. The molecule has 112 valence electrons. The maximum Gasteiger partial charge on any atom is 0.0314 e. The second-order valence-electron chi connectivity index (χ2n) is 6.51. The van der Waals surface area contributed by atoms with E-state index in [1.54, 1.807) is 0 Å². The number of hydrogen-bond donors (Lipinski definition) is 2. The lowest BCUT2D eigenvalue weighted by Gasteiger charge is -2.32. The Bertz CT molecular complexity index is 522. The van der Waals surface area contributed by atoms with Crippen LogP contribution in [0.2, 0.25) is 0 Å². The average molecular weight is 282 g/mol. The number of nitrogens with two attached hydrogens (primary N) is 2. The summed E-state index contributed by atoms with van der Waals surface area (Å²) in [7, 11) is 0. The molecule has 0 aliphatic rings. The van der Waals surface area contributed by atoms with Gasteiger partial charge < -0.3 is 11.5 Å². The van der Waals surface area contributed by atoms with Crippen molar-refractivity contribution < 1.29 is 0 Å². The summed E-state index contributed by atoms with van der Waals surface area (Å²) in [6, 6.07) is 16.5. The van der Waals surface area contributed by atoms with Crippen LogP contribution in [0.5, 0.6) is 0 Å². The lowest BCUT2D eigenvalue weighted by Crippen LogP contribution is -2.24. The van der Waals surface area contributed by atoms with Gasteiger partial charge >= 0.3 is 0 Å². The summed E-state index contributed by atoms with van der Waals surface area (Å²) >= 11 is 0. The van der Waals surface area contributed by atoms with Crippen LogP contribution >= 0.6 is 0 Å². The van der Waals surface area contributed by atoms with Crippen molar-refractivity contribution in [2.75, 3.05) is 11.5 Å². The van der Waals surface area contributed by atoms with Gasteiger partial charge in [0.15, 0.2) is 0 Å². The van der Waals surface area contributed by atoms with Gasteiger partial charge in [-0.05, 0) is 54.2 Å². The van der Waals surface area contributed by atoms with E-state index < -0.39 is 0 Å². The molecule has 0 saturated carbocycles. The molecule has 4 N–H and O–H groups in total. The second kappa shape index (κ2) is 6.21. The zero-order chi connectivity index (χ0) is 15.5. The largest absolute Gasteiger partial charge is 0.399 e. The quantitative estimate of drug-likeness (QED) is 0.788. The Balaban J connectivity index is 2.42. The van der Waals surface area contributed by atoms with E-state index in [1.165, 1.54) is 17.5 Å². The van der Waals surface area contributed by atoms with Crippen molar-refractivity contribution in [2.24, 2.45) is 5.92 Å². The maximum absolute atomic E-state index is 5.83. The molecule has 0 bridgehead atoms. The first-order valence-electron chi connectivity index (χ1n) is 7.64. The summed E-state index contributed by atoms with van der Waals surface area (Å²) in [6.07, 6.45) is 2.30. The van der Waals surface area contributed by atoms with Crippen LogP contribution in [0, 0.1) is 5.92 Å². The van der Waals surface area contributed by atoms with Crippen LogP contribution in [-0.2, 0) is 5.41 Å². The highest BCUT2D eigenvalue weighted by molar-refractivity contribution is 5.48. The molecule has 0 aromatic heterocycles. The van der Waals surface area contributed by atoms with E-state index >= 15 is 0 Å². The van der Waals surface area contributed by atoms with E-state index in [0.717, 1.165) is 17.8 Å². The van der Waals surface area contributed by atoms with Gasteiger partial charge in [0.25, 0.3) is 0 Å². The molecule has 0 aliphatic heterocycles. The summed E-state index contributed by atoms with van der Waals surface area (Å²) in [5.41, 5.74) is 15.9. The minimum atomic E-state index is -0.00826. The molecule has 2 heteroatoms. The van der Waals surface area contributed by atoms with Crippen molar-refractivity contribution in [3.05, 3.63) is 59.7 Å². The summed E-state index contributed by atoms with van der Waals surface area (Å²) in [5.74, 6) is 0.687.